The van der Waals surface area contributed by atoms with E-state index < -0.39 is 23.2 Å². The molecule has 1 aliphatic heterocycles. The Bertz CT molecular complexity index is 1080. The van der Waals surface area contributed by atoms with Gasteiger partial charge in [-0.3, -0.25) is 14.5 Å². The van der Waals surface area contributed by atoms with Crippen LogP contribution in [0.5, 0.6) is 0 Å². The number of thioether (sulfide) groups is 1. The van der Waals surface area contributed by atoms with E-state index in [1.165, 1.54) is 18.1 Å². The zero-order valence-corrected chi connectivity index (χ0v) is 19.6. The average molecular weight is 441 g/mol. The van der Waals surface area contributed by atoms with Gasteiger partial charge in [-0.2, -0.15) is 0 Å². The molecule has 0 aliphatic carbocycles. The van der Waals surface area contributed by atoms with Gasteiger partial charge in [-0.05, 0) is 81.6 Å². The first kappa shape index (κ1) is 22.9. The highest BCUT2D eigenvalue weighted by atomic mass is 32.2. The van der Waals surface area contributed by atoms with E-state index in [4.69, 9.17) is 4.74 Å². The van der Waals surface area contributed by atoms with Crippen LogP contribution in [-0.4, -0.2) is 39.2 Å². The predicted octanol–water partition coefficient (Wildman–Crippen LogP) is 4.95. The lowest BCUT2D eigenvalue weighted by Gasteiger charge is -2.19. The van der Waals surface area contributed by atoms with E-state index in [2.05, 4.69) is 36.6 Å². The van der Waals surface area contributed by atoms with Crippen LogP contribution in [-0.2, 0) is 20.7 Å². The van der Waals surface area contributed by atoms with Crippen LogP contribution < -0.4 is 0 Å². The molecule has 0 radical (unpaired) electrons. The maximum absolute atomic E-state index is 12.9. The van der Waals surface area contributed by atoms with E-state index in [1.54, 1.807) is 13.0 Å². The van der Waals surface area contributed by atoms with Crippen LogP contribution in [0.2, 0.25) is 0 Å². The zero-order chi connectivity index (χ0) is 22.9. The Morgan fingerprint density at radius 3 is 2.55 bits per heavy atom. The van der Waals surface area contributed by atoms with Crippen molar-refractivity contribution >= 4 is 35.0 Å². The molecule has 1 atom stereocenters. The third-order valence-electron chi connectivity index (χ3n) is 5.52. The summed E-state index contributed by atoms with van der Waals surface area (Å²) in [5, 5.41) is -0.460. The van der Waals surface area contributed by atoms with Crippen molar-refractivity contribution in [3.05, 3.63) is 57.2 Å². The number of hydrogen-bond acceptors (Lipinski definition) is 5. The fourth-order valence-corrected chi connectivity index (χ4v) is 4.83. The van der Waals surface area contributed by atoms with E-state index in [0.717, 1.165) is 45.7 Å². The lowest BCUT2D eigenvalue weighted by Crippen LogP contribution is -2.42. The molecule has 3 rings (SSSR count). The van der Waals surface area contributed by atoms with Crippen molar-refractivity contribution < 1.29 is 19.1 Å². The van der Waals surface area contributed by atoms with Gasteiger partial charge in [-0.1, -0.05) is 25.1 Å². The van der Waals surface area contributed by atoms with Crippen molar-refractivity contribution in [2.75, 3.05) is 6.61 Å². The molecule has 164 valence electrons. The summed E-state index contributed by atoms with van der Waals surface area (Å²) in [6.45, 7) is 11.7. The van der Waals surface area contributed by atoms with Gasteiger partial charge in [0.1, 0.15) is 6.04 Å². The minimum atomic E-state index is -0.954. The van der Waals surface area contributed by atoms with Gasteiger partial charge in [0.25, 0.3) is 11.1 Å². The zero-order valence-electron chi connectivity index (χ0n) is 18.8. The number of aryl methyl sites for hydroxylation is 3. The van der Waals surface area contributed by atoms with Crippen molar-refractivity contribution in [2.45, 2.75) is 54.0 Å². The third kappa shape index (κ3) is 4.19. The Hall–Kier alpha value is -2.80. The first-order valence-electron chi connectivity index (χ1n) is 10.4. The first-order chi connectivity index (χ1) is 14.7. The first-order valence-corrected chi connectivity index (χ1v) is 11.2. The number of aromatic nitrogens is 1. The van der Waals surface area contributed by atoms with E-state index in [9.17, 15) is 14.4 Å². The largest absolute Gasteiger partial charge is 0.464 e. The summed E-state index contributed by atoms with van der Waals surface area (Å²) < 4.78 is 7.17. The molecule has 6 nitrogen and oxygen atoms in total. The average Bonchev–Trinajstić information content (AvgIpc) is 3.16. The van der Waals surface area contributed by atoms with Crippen molar-refractivity contribution in [1.82, 2.24) is 9.47 Å². The van der Waals surface area contributed by atoms with Crippen LogP contribution in [0.1, 0.15) is 48.8 Å². The highest BCUT2D eigenvalue weighted by Crippen LogP contribution is 2.35. The van der Waals surface area contributed by atoms with E-state index in [1.807, 2.05) is 19.9 Å². The van der Waals surface area contributed by atoms with Crippen molar-refractivity contribution in [3.63, 3.8) is 0 Å². The Labute approximate surface area is 187 Å². The molecular weight excluding hydrogens is 412 g/mol. The van der Waals surface area contributed by atoms with Crippen LogP contribution in [0.3, 0.4) is 0 Å². The second-order valence-corrected chi connectivity index (χ2v) is 8.57. The van der Waals surface area contributed by atoms with Crippen LogP contribution in [0.25, 0.3) is 11.8 Å². The Morgan fingerprint density at radius 2 is 1.90 bits per heavy atom. The SMILES string of the molecule is CCOC(=O)[C@H](C)N1C(=O)S/C(=C/c2cc(C)n(-c3c(C)cccc3CC)c2C)C1=O. The molecule has 7 heteroatoms. The lowest BCUT2D eigenvalue weighted by molar-refractivity contribution is -0.150. The summed E-state index contributed by atoms with van der Waals surface area (Å²) in [5.41, 5.74) is 6.49. The Kier molecular flexibility index (Phi) is 6.74. The fraction of sp³-hybridized carbons (Fsp3) is 0.375. The molecule has 2 aromatic rings. The number of nitrogens with zero attached hydrogens (tertiary/aromatic N) is 2. The van der Waals surface area contributed by atoms with Crippen LogP contribution in [0, 0.1) is 20.8 Å². The summed E-state index contributed by atoms with van der Waals surface area (Å²) in [5.74, 6) is -1.05. The summed E-state index contributed by atoms with van der Waals surface area (Å²) in [6, 6.07) is 7.35. The van der Waals surface area contributed by atoms with Gasteiger partial charge in [-0.15, -0.1) is 0 Å². The molecule has 31 heavy (non-hydrogen) atoms. The minimum Gasteiger partial charge on any atom is -0.464 e. The summed E-state index contributed by atoms with van der Waals surface area (Å²) in [4.78, 5) is 38.7. The van der Waals surface area contributed by atoms with E-state index >= 15 is 0 Å². The minimum absolute atomic E-state index is 0.194. The number of amides is 2. The second-order valence-electron chi connectivity index (χ2n) is 7.58. The number of carbonyl (C=O) groups is 3. The van der Waals surface area contributed by atoms with E-state index in [-0.39, 0.29) is 6.61 Å². The fourth-order valence-electron chi connectivity index (χ4n) is 3.93. The monoisotopic (exact) mass is 440 g/mol. The Morgan fingerprint density at radius 1 is 1.19 bits per heavy atom. The highest BCUT2D eigenvalue weighted by molar-refractivity contribution is 8.18. The van der Waals surface area contributed by atoms with Crippen LogP contribution >= 0.6 is 11.8 Å². The quantitative estimate of drug-likeness (QED) is 0.469. The van der Waals surface area contributed by atoms with Gasteiger partial charge in [-0.25, -0.2) is 4.79 Å². The van der Waals surface area contributed by atoms with E-state index in [0.29, 0.717) is 4.91 Å². The topological polar surface area (TPSA) is 68.6 Å². The smallest absolute Gasteiger partial charge is 0.329 e. The maximum Gasteiger partial charge on any atom is 0.329 e. The third-order valence-corrected chi connectivity index (χ3v) is 6.40. The summed E-state index contributed by atoms with van der Waals surface area (Å²) in [6.07, 6.45) is 2.65. The molecule has 1 aliphatic rings. The van der Waals surface area contributed by atoms with Crippen LogP contribution in [0.4, 0.5) is 4.79 Å². The number of imide groups is 1. The number of esters is 1. The van der Waals surface area contributed by atoms with Crippen molar-refractivity contribution in [1.29, 1.82) is 0 Å². The van der Waals surface area contributed by atoms with Gasteiger partial charge < -0.3 is 9.30 Å². The van der Waals surface area contributed by atoms with Crippen molar-refractivity contribution in [2.24, 2.45) is 0 Å². The number of ether oxygens (including phenoxy) is 1. The molecule has 1 aromatic heterocycles. The predicted molar refractivity (Wildman–Crippen MR) is 123 cm³/mol. The highest BCUT2D eigenvalue weighted by Gasteiger charge is 2.41. The number of para-hydroxylation sites is 1. The molecule has 0 saturated carbocycles. The molecule has 2 heterocycles. The Balaban J connectivity index is 2.00. The van der Waals surface area contributed by atoms with Gasteiger partial charge in [0.15, 0.2) is 0 Å². The van der Waals surface area contributed by atoms with Gasteiger partial charge >= 0.3 is 5.97 Å². The van der Waals surface area contributed by atoms with Crippen LogP contribution in [0.15, 0.2) is 29.2 Å². The number of hydrogen-bond donors (Lipinski definition) is 0. The standard InChI is InChI=1S/C24H28N2O4S/c1-7-18-11-9-10-14(3)21(18)25-15(4)12-19(16(25)5)13-20-22(27)26(24(29)31-20)17(6)23(28)30-8-2/h9-13,17H,7-8H2,1-6H3/b20-13+/t17-/m0/s1. The van der Waals surface area contributed by atoms with Gasteiger partial charge in [0, 0.05) is 11.4 Å². The molecule has 0 unspecified atom stereocenters. The molecular formula is C24H28N2O4S. The molecule has 0 bridgehead atoms. The molecule has 1 saturated heterocycles. The molecule has 1 fully saturated rings. The number of rotatable bonds is 6. The molecule has 0 spiro atoms. The molecule has 2 amide bonds. The van der Waals surface area contributed by atoms with Gasteiger partial charge in [0.2, 0.25) is 0 Å². The summed E-state index contributed by atoms with van der Waals surface area (Å²) >= 11 is 0.852. The maximum atomic E-state index is 12.9. The summed E-state index contributed by atoms with van der Waals surface area (Å²) in [7, 11) is 0. The number of carbonyl (C=O) groups excluding carboxylic acids is 3. The molecule has 0 N–H and O–H groups in total. The second kappa shape index (κ2) is 9.14. The lowest BCUT2D eigenvalue weighted by atomic mass is 10.1. The van der Waals surface area contributed by atoms with Crippen molar-refractivity contribution in [3.8, 4) is 5.69 Å². The normalized spacial score (nSPS) is 16.3. The molecule has 1 aromatic carbocycles. The number of benzene rings is 1. The van der Waals surface area contributed by atoms with Gasteiger partial charge in [0.05, 0.1) is 17.2 Å².